The zero-order chi connectivity index (χ0) is 8.74. The highest BCUT2D eigenvalue weighted by molar-refractivity contribution is 4.67. The van der Waals surface area contributed by atoms with Gasteiger partial charge in [0.25, 0.3) is 0 Å². The van der Waals surface area contributed by atoms with Crippen molar-refractivity contribution in [3.63, 3.8) is 0 Å². The van der Waals surface area contributed by atoms with Crippen LogP contribution in [0, 0.1) is 0 Å². The van der Waals surface area contributed by atoms with Crippen molar-refractivity contribution >= 4 is 0 Å². The van der Waals surface area contributed by atoms with Crippen LogP contribution in [0.3, 0.4) is 0 Å². The van der Waals surface area contributed by atoms with Gasteiger partial charge in [0.15, 0.2) is 0 Å². The van der Waals surface area contributed by atoms with E-state index in [2.05, 4.69) is 27.7 Å². The third-order valence-corrected chi connectivity index (χ3v) is 1.92. The zero-order valence-electron chi connectivity index (χ0n) is 8.44. The lowest BCUT2D eigenvalue weighted by Gasteiger charge is -2.24. The summed E-state index contributed by atoms with van der Waals surface area (Å²) >= 11 is 0. The van der Waals surface area contributed by atoms with Gasteiger partial charge >= 0.3 is 0 Å². The summed E-state index contributed by atoms with van der Waals surface area (Å²) in [5, 5.41) is 0. The summed E-state index contributed by atoms with van der Waals surface area (Å²) in [5.74, 6) is 0. The first-order valence-electron chi connectivity index (χ1n) is 4.76. The lowest BCUT2D eigenvalue weighted by molar-refractivity contribution is -0.0177. The maximum atomic E-state index is 5.58. The Morgan fingerprint density at radius 1 is 1.09 bits per heavy atom. The van der Waals surface area contributed by atoms with Crippen LogP contribution < -0.4 is 0 Å². The van der Waals surface area contributed by atoms with Gasteiger partial charge in [-0.05, 0) is 27.2 Å². The maximum absolute atomic E-state index is 5.58. The number of unbranched alkanes of at least 4 members (excludes halogenated alkanes) is 2. The van der Waals surface area contributed by atoms with E-state index in [0.29, 0.717) is 0 Å². The van der Waals surface area contributed by atoms with Gasteiger partial charge in [-0.15, -0.1) is 0 Å². The van der Waals surface area contributed by atoms with Crippen molar-refractivity contribution in [1.29, 1.82) is 0 Å². The van der Waals surface area contributed by atoms with E-state index in [9.17, 15) is 0 Å². The second-order valence-electron chi connectivity index (χ2n) is 3.65. The van der Waals surface area contributed by atoms with Gasteiger partial charge in [0.1, 0.15) is 0 Å². The highest BCUT2D eigenvalue weighted by Gasteiger charge is 2.15. The summed E-state index contributed by atoms with van der Waals surface area (Å²) in [7, 11) is 0. The Kier molecular flexibility index (Phi) is 5.57. The molecule has 0 fully saturated rings. The van der Waals surface area contributed by atoms with E-state index in [1.165, 1.54) is 25.7 Å². The summed E-state index contributed by atoms with van der Waals surface area (Å²) < 4.78 is 5.58. The average molecular weight is 158 g/mol. The van der Waals surface area contributed by atoms with Crippen LogP contribution in [0.5, 0.6) is 0 Å². The van der Waals surface area contributed by atoms with Crippen molar-refractivity contribution in [2.45, 2.75) is 59.0 Å². The maximum Gasteiger partial charge on any atom is 0.0626 e. The number of rotatable bonds is 6. The first kappa shape index (κ1) is 11.0. The smallest absolute Gasteiger partial charge is 0.0626 e. The molecule has 0 N–H and O–H groups in total. The van der Waals surface area contributed by atoms with Gasteiger partial charge in [-0.25, -0.2) is 0 Å². The molecule has 1 nitrogen and oxygen atoms in total. The molecule has 0 saturated carbocycles. The summed E-state index contributed by atoms with van der Waals surface area (Å²) in [6, 6.07) is 0. The molecule has 0 aromatic carbocycles. The van der Waals surface area contributed by atoms with E-state index in [0.717, 1.165) is 6.61 Å². The molecule has 0 aliphatic heterocycles. The summed E-state index contributed by atoms with van der Waals surface area (Å²) in [6.07, 6.45) is 5.11. The van der Waals surface area contributed by atoms with Gasteiger partial charge in [0.05, 0.1) is 5.60 Å². The molecule has 0 rings (SSSR count). The fraction of sp³-hybridized carbons (Fsp3) is 1.00. The molecule has 11 heavy (non-hydrogen) atoms. The minimum atomic E-state index is 0.101. The van der Waals surface area contributed by atoms with E-state index in [1.807, 2.05) is 0 Å². The van der Waals surface area contributed by atoms with Gasteiger partial charge in [-0.2, -0.15) is 0 Å². The van der Waals surface area contributed by atoms with Crippen molar-refractivity contribution in [2.24, 2.45) is 0 Å². The SMILES string of the molecule is CCCCCC(C)(C)OCC. The Balaban J connectivity index is 3.38. The second-order valence-corrected chi connectivity index (χ2v) is 3.65. The van der Waals surface area contributed by atoms with Gasteiger partial charge in [-0.1, -0.05) is 26.2 Å². The minimum Gasteiger partial charge on any atom is -0.376 e. The minimum absolute atomic E-state index is 0.101. The molecule has 0 amide bonds. The predicted octanol–water partition coefficient (Wildman–Crippen LogP) is 3.38. The predicted molar refractivity (Wildman–Crippen MR) is 49.8 cm³/mol. The highest BCUT2D eigenvalue weighted by Crippen LogP contribution is 2.17. The van der Waals surface area contributed by atoms with E-state index in [1.54, 1.807) is 0 Å². The molecule has 0 heterocycles. The van der Waals surface area contributed by atoms with E-state index in [-0.39, 0.29) is 5.60 Å². The van der Waals surface area contributed by atoms with Crippen LogP contribution in [-0.4, -0.2) is 12.2 Å². The first-order valence-corrected chi connectivity index (χ1v) is 4.76. The zero-order valence-corrected chi connectivity index (χ0v) is 8.44. The monoisotopic (exact) mass is 158 g/mol. The van der Waals surface area contributed by atoms with Crippen molar-refractivity contribution < 1.29 is 4.74 Å². The molecule has 0 aromatic rings. The molecule has 0 aliphatic carbocycles. The van der Waals surface area contributed by atoms with Gasteiger partial charge in [0, 0.05) is 6.61 Å². The molecule has 0 aromatic heterocycles. The molecule has 68 valence electrons. The first-order chi connectivity index (χ1) is 5.12. The number of ether oxygens (including phenoxy) is 1. The van der Waals surface area contributed by atoms with Gasteiger partial charge in [-0.3, -0.25) is 0 Å². The molecule has 0 unspecified atom stereocenters. The van der Waals surface area contributed by atoms with Crippen LogP contribution in [0.4, 0.5) is 0 Å². The Bertz CT molecular complexity index is 86.9. The Morgan fingerprint density at radius 3 is 2.18 bits per heavy atom. The van der Waals surface area contributed by atoms with Gasteiger partial charge in [0.2, 0.25) is 0 Å². The van der Waals surface area contributed by atoms with Crippen molar-refractivity contribution in [3.05, 3.63) is 0 Å². The van der Waals surface area contributed by atoms with Crippen LogP contribution in [0.2, 0.25) is 0 Å². The van der Waals surface area contributed by atoms with E-state index in [4.69, 9.17) is 4.74 Å². The van der Waals surface area contributed by atoms with Crippen LogP contribution >= 0.6 is 0 Å². The standard InChI is InChI=1S/C10H22O/c1-5-7-8-9-10(3,4)11-6-2/h5-9H2,1-4H3. The molecular weight excluding hydrogens is 136 g/mol. The fourth-order valence-electron chi connectivity index (χ4n) is 1.26. The molecule has 1 heteroatoms. The van der Waals surface area contributed by atoms with Gasteiger partial charge < -0.3 is 4.74 Å². The lowest BCUT2D eigenvalue weighted by atomic mass is 10.0. The average Bonchev–Trinajstić information content (AvgIpc) is 1.87. The number of hydrogen-bond donors (Lipinski definition) is 0. The van der Waals surface area contributed by atoms with Crippen molar-refractivity contribution in [3.8, 4) is 0 Å². The lowest BCUT2D eigenvalue weighted by Crippen LogP contribution is -2.23. The van der Waals surface area contributed by atoms with Crippen LogP contribution in [0.1, 0.15) is 53.4 Å². The molecule has 0 saturated heterocycles. The Morgan fingerprint density at radius 2 is 1.73 bits per heavy atom. The molecule has 0 spiro atoms. The van der Waals surface area contributed by atoms with Crippen LogP contribution in [0.25, 0.3) is 0 Å². The molecule has 0 atom stereocenters. The summed E-state index contributed by atoms with van der Waals surface area (Å²) in [6.45, 7) is 9.46. The highest BCUT2D eigenvalue weighted by atomic mass is 16.5. The quantitative estimate of drug-likeness (QED) is 0.538. The third kappa shape index (κ3) is 6.36. The van der Waals surface area contributed by atoms with E-state index >= 15 is 0 Å². The Hall–Kier alpha value is -0.0400. The second kappa shape index (κ2) is 5.59. The molecule has 0 aliphatic rings. The van der Waals surface area contributed by atoms with Crippen molar-refractivity contribution in [2.75, 3.05) is 6.61 Å². The van der Waals surface area contributed by atoms with Crippen LogP contribution in [0.15, 0.2) is 0 Å². The largest absolute Gasteiger partial charge is 0.376 e. The summed E-state index contributed by atoms with van der Waals surface area (Å²) in [4.78, 5) is 0. The molecule has 0 radical (unpaired) electrons. The van der Waals surface area contributed by atoms with E-state index < -0.39 is 0 Å². The van der Waals surface area contributed by atoms with Crippen LogP contribution in [-0.2, 0) is 4.74 Å². The fourth-order valence-corrected chi connectivity index (χ4v) is 1.26. The topological polar surface area (TPSA) is 9.23 Å². The number of hydrogen-bond acceptors (Lipinski definition) is 1. The van der Waals surface area contributed by atoms with Crippen molar-refractivity contribution in [1.82, 2.24) is 0 Å². The third-order valence-electron chi connectivity index (χ3n) is 1.92. The molecule has 0 bridgehead atoms. The molecular formula is C10H22O. The summed E-state index contributed by atoms with van der Waals surface area (Å²) in [5.41, 5.74) is 0.101. The Labute approximate surface area is 71.1 Å². The normalized spacial score (nSPS) is 12.0.